The van der Waals surface area contributed by atoms with Gasteiger partial charge in [0, 0.05) is 0 Å². The van der Waals surface area contributed by atoms with E-state index in [1.807, 2.05) is 13.8 Å². The van der Waals surface area contributed by atoms with Crippen molar-refractivity contribution in [2.75, 3.05) is 0 Å². The molecule has 1 aromatic heterocycles. The van der Waals surface area contributed by atoms with Crippen molar-refractivity contribution in [2.45, 2.75) is 46.3 Å². The number of nitrogens with zero attached hydrogens (tertiary/aromatic N) is 1. The second-order valence-electron chi connectivity index (χ2n) is 5.32. The Hall–Kier alpha value is -1.79. The van der Waals surface area contributed by atoms with Crippen molar-refractivity contribution in [3.63, 3.8) is 0 Å². The minimum atomic E-state index is -0.651. The summed E-state index contributed by atoms with van der Waals surface area (Å²) in [6.45, 7) is 9.05. The number of carbonyl (C=O) groups excluding carboxylic acids is 1. The molecule has 0 aliphatic carbocycles. The minimum Gasteiger partial charge on any atom is -0.444 e. The van der Waals surface area contributed by atoms with Crippen molar-refractivity contribution in [2.24, 2.45) is 5.92 Å². The van der Waals surface area contributed by atoms with Crippen LogP contribution in [0, 0.1) is 5.92 Å². The van der Waals surface area contributed by atoms with Gasteiger partial charge in [-0.25, -0.2) is 14.7 Å². The van der Waals surface area contributed by atoms with Crippen LogP contribution in [0.3, 0.4) is 0 Å². The number of hydrogen-bond acceptors (Lipinski definition) is 5. The second kappa shape index (κ2) is 5.24. The highest BCUT2D eigenvalue weighted by Gasteiger charge is 2.26. The van der Waals surface area contributed by atoms with Crippen LogP contribution in [0.5, 0.6) is 0 Å². The van der Waals surface area contributed by atoms with Crippen molar-refractivity contribution >= 4 is 6.09 Å². The summed E-state index contributed by atoms with van der Waals surface area (Å²) >= 11 is 0. The van der Waals surface area contributed by atoms with E-state index >= 15 is 0 Å². The Morgan fingerprint density at radius 3 is 2.44 bits per heavy atom. The van der Waals surface area contributed by atoms with Gasteiger partial charge < -0.3 is 14.5 Å². The van der Waals surface area contributed by atoms with Gasteiger partial charge in [-0.3, -0.25) is 0 Å². The molecule has 1 rings (SSSR count). The molecule has 0 spiro atoms. The molecule has 1 heterocycles. The van der Waals surface area contributed by atoms with Crippen LogP contribution in [-0.2, 0) is 4.74 Å². The van der Waals surface area contributed by atoms with E-state index in [0.717, 1.165) is 0 Å². The first-order valence-corrected chi connectivity index (χ1v) is 5.74. The van der Waals surface area contributed by atoms with E-state index in [1.54, 1.807) is 20.8 Å². The van der Waals surface area contributed by atoms with Crippen LogP contribution in [0.15, 0.2) is 9.21 Å². The van der Waals surface area contributed by atoms with E-state index in [0.29, 0.717) is 0 Å². The maximum absolute atomic E-state index is 11.7. The first-order chi connectivity index (χ1) is 8.19. The van der Waals surface area contributed by atoms with Crippen molar-refractivity contribution in [1.82, 2.24) is 15.5 Å². The highest BCUT2D eigenvalue weighted by Crippen LogP contribution is 2.19. The lowest BCUT2D eigenvalue weighted by Crippen LogP contribution is -2.37. The van der Waals surface area contributed by atoms with Gasteiger partial charge >= 0.3 is 11.8 Å². The predicted molar refractivity (Wildman–Crippen MR) is 64.1 cm³/mol. The van der Waals surface area contributed by atoms with Crippen LogP contribution >= 0.6 is 0 Å². The molecule has 102 valence electrons. The molecule has 0 saturated heterocycles. The molecule has 0 radical (unpaired) electrons. The van der Waals surface area contributed by atoms with Crippen molar-refractivity contribution < 1.29 is 13.9 Å². The number of nitrogens with one attached hydrogen (secondary N) is 2. The van der Waals surface area contributed by atoms with Crippen LogP contribution in [-0.4, -0.2) is 21.9 Å². The lowest BCUT2D eigenvalue weighted by atomic mass is 10.1. The molecular weight excluding hydrogens is 238 g/mol. The van der Waals surface area contributed by atoms with Gasteiger partial charge in [0.05, 0.1) is 0 Å². The van der Waals surface area contributed by atoms with E-state index < -0.39 is 23.5 Å². The summed E-state index contributed by atoms with van der Waals surface area (Å²) in [5, 5.41) is 8.50. The monoisotopic (exact) mass is 257 g/mol. The summed E-state index contributed by atoms with van der Waals surface area (Å²) in [5.74, 6) is -0.508. The van der Waals surface area contributed by atoms with Crippen LogP contribution < -0.4 is 11.1 Å². The maximum Gasteiger partial charge on any atom is 0.434 e. The third-order valence-corrected chi connectivity index (χ3v) is 2.06. The van der Waals surface area contributed by atoms with Gasteiger partial charge in [-0.05, 0) is 26.7 Å². The van der Waals surface area contributed by atoms with Crippen LogP contribution in [0.1, 0.15) is 46.6 Å². The first kappa shape index (κ1) is 14.3. The normalized spacial score (nSPS) is 13.4. The Balaban J connectivity index is 2.76. The maximum atomic E-state index is 11.7. The van der Waals surface area contributed by atoms with Crippen molar-refractivity contribution in [3.05, 3.63) is 16.4 Å². The van der Waals surface area contributed by atoms with Crippen LogP contribution in [0.25, 0.3) is 0 Å². The number of carbonyl (C=O) groups is 1. The number of hydrogen-bond donors (Lipinski definition) is 2. The number of rotatable bonds is 3. The zero-order chi connectivity index (χ0) is 13.9. The second-order valence-corrected chi connectivity index (χ2v) is 5.32. The molecule has 0 aromatic carbocycles. The number of amides is 1. The third kappa shape index (κ3) is 4.23. The lowest BCUT2D eigenvalue weighted by molar-refractivity contribution is 0.0478. The molecule has 0 aliphatic heterocycles. The van der Waals surface area contributed by atoms with Gasteiger partial charge in [0.15, 0.2) is 0 Å². The number of aromatic amines is 1. The fraction of sp³-hybridized carbons (Fsp3) is 0.727. The molecule has 0 saturated carbocycles. The topological polar surface area (TPSA) is 97.2 Å². The fourth-order valence-corrected chi connectivity index (χ4v) is 1.32. The Labute approximate surface area is 105 Å². The number of ether oxygens (including phenoxy) is 1. The van der Waals surface area contributed by atoms with Gasteiger partial charge in [0.25, 0.3) is 0 Å². The third-order valence-electron chi connectivity index (χ3n) is 2.06. The highest BCUT2D eigenvalue weighted by atomic mass is 16.6. The largest absolute Gasteiger partial charge is 0.444 e. The minimum absolute atomic E-state index is 0.00367. The summed E-state index contributed by atoms with van der Waals surface area (Å²) in [6, 6.07) is -0.515. The highest BCUT2D eigenvalue weighted by molar-refractivity contribution is 5.68. The number of aromatic nitrogens is 2. The SMILES string of the molecule is CC(C)[C@@H](NC(=O)OC(C)(C)C)c1n[nH]c(=O)o1. The summed E-state index contributed by atoms with van der Waals surface area (Å²) in [7, 11) is 0. The standard InChI is InChI=1S/C11H19N3O4/c1-6(2)7(8-13-14-10(16)17-8)12-9(15)18-11(3,4)5/h6-7H,1-5H3,(H,12,15)(H,14,16)/t7-/m1/s1. The Kier molecular flexibility index (Phi) is 4.15. The summed E-state index contributed by atoms with van der Waals surface area (Å²) in [6.07, 6.45) is -0.577. The van der Waals surface area contributed by atoms with Gasteiger partial charge in [0.1, 0.15) is 11.6 Å². The number of H-pyrrole nitrogens is 1. The fourth-order valence-electron chi connectivity index (χ4n) is 1.32. The molecule has 2 N–H and O–H groups in total. The van der Waals surface area contributed by atoms with E-state index in [2.05, 4.69) is 15.5 Å². The lowest BCUT2D eigenvalue weighted by Gasteiger charge is -2.23. The predicted octanol–water partition coefficient (Wildman–Crippen LogP) is 1.58. The Bertz CT molecular complexity index is 455. The molecule has 1 aromatic rings. The molecule has 0 bridgehead atoms. The average Bonchev–Trinajstić information content (AvgIpc) is 2.57. The summed E-state index contributed by atoms with van der Waals surface area (Å²) in [4.78, 5) is 22.6. The smallest absolute Gasteiger partial charge is 0.434 e. The van der Waals surface area contributed by atoms with Crippen LogP contribution in [0.4, 0.5) is 4.79 Å². The van der Waals surface area contributed by atoms with Gasteiger partial charge in [0.2, 0.25) is 5.89 Å². The van der Waals surface area contributed by atoms with E-state index in [9.17, 15) is 9.59 Å². The first-order valence-electron chi connectivity index (χ1n) is 5.74. The molecule has 1 amide bonds. The Morgan fingerprint density at radius 1 is 1.44 bits per heavy atom. The molecular formula is C11H19N3O4. The van der Waals surface area contributed by atoms with Gasteiger partial charge in [-0.1, -0.05) is 13.8 Å². The average molecular weight is 257 g/mol. The molecule has 0 unspecified atom stereocenters. The van der Waals surface area contributed by atoms with Crippen molar-refractivity contribution in [3.8, 4) is 0 Å². The molecule has 0 fully saturated rings. The summed E-state index contributed by atoms with van der Waals surface area (Å²) < 4.78 is 9.98. The molecule has 7 heteroatoms. The van der Waals surface area contributed by atoms with E-state index in [4.69, 9.17) is 9.15 Å². The van der Waals surface area contributed by atoms with Gasteiger partial charge in [-0.15, -0.1) is 5.10 Å². The quantitative estimate of drug-likeness (QED) is 0.856. The van der Waals surface area contributed by atoms with Gasteiger partial charge in [-0.2, -0.15) is 0 Å². The van der Waals surface area contributed by atoms with Crippen LogP contribution in [0.2, 0.25) is 0 Å². The Morgan fingerprint density at radius 2 is 2.06 bits per heavy atom. The zero-order valence-corrected chi connectivity index (χ0v) is 11.2. The van der Waals surface area contributed by atoms with E-state index in [1.165, 1.54) is 0 Å². The number of alkyl carbamates (subject to hydrolysis) is 1. The molecule has 7 nitrogen and oxygen atoms in total. The van der Waals surface area contributed by atoms with E-state index in [-0.39, 0.29) is 11.8 Å². The molecule has 18 heavy (non-hydrogen) atoms. The molecule has 0 aliphatic rings. The summed E-state index contributed by atoms with van der Waals surface area (Å²) in [5.41, 5.74) is -0.585. The van der Waals surface area contributed by atoms with Crippen molar-refractivity contribution in [1.29, 1.82) is 0 Å². The zero-order valence-electron chi connectivity index (χ0n) is 11.2. The molecule has 1 atom stereocenters.